The number of nitriles is 1. The Morgan fingerprint density at radius 1 is 0.946 bits per heavy atom. The van der Waals surface area contributed by atoms with Crippen LogP contribution in [0.4, 0.5) is 4.79 Å². The zero-order valence-corrected chi connectivity index (χ0v) is 22.1. The Balaban J connectivity index is 1.12. The van der Waals surface area contributed by atoms with Gasteiger partial charge in [-0.05, 0) is 49.2 Å². The zero-order valence-electron chi connectivity index (χ0n) is 22.1. The van der Waals surface area contributed by atoms with Crippen LogP contribution in [0.2, 0.25) is 0 Å². The summed E-state index contributed by atoms with van der Waals surface area (Å²) in [6.07, 6.45) is 2.78. The maximum absolute atomic E-state index is 12.8. The van der Waals surface area contributed by atoms with Crippen molar-refractivity contribution in [2.24, 2.45) is 0 Å². The number of aryl methyl sites for hydroxylation is 1. The second-order valence-corrected chi connectivity index (χ2v) is 10.1. The largest absolute Gasteiger partial charge is 0.492 e. The average molecular weight is 506 g/mol. The molecule has 2 aromatic carbocycles. The summed E-state index contributed by atoms with van der Waals surface area (Å²) in [5.41, 5.74) is 2.01. The summed E-state index contributed by atoms with van der Waals surface area (Å²) in [6.45, 7) is 7.34. The van der Waals surface area contributed by atoms with E-state index in [1.54, 1.807) is 41.1 Å². The van der Waals surface area contributed by atoms with Gasteiger partial charge >= 0.3 is 6.03 Å². The van der Waals surface area contributed by atoms with Gasteiger partial charge in [-0.15, -0.1) is 0 Å². The Labute approximate surface area is 221 Å². The second-order valence-electron chi connectivity index (χ2n) is 10.1. The van der Waals surface area contributed by atoms with Gasteiger partial charge in [0.1, 0.15) is 12.4 Å². The summed E-state index contributed by atoms with van der Waals surface area (Å²) in [5, 5.41) is 8.88. The third kappa shape index (κ3) is 8.19. The van der Waals surface area contributed by atoms with Gasteiger partial charge in [0.15, 0.2) is 0 Å². The zero-order chi connectivity index (χ0) is 26.0. The Morgan fingerprint density at radius 2 is 1.57 bits per heavy atom. The smallest absolute Gasteiger partial charge is 0.319 e. The molecule has 2 heterocycles. The first kappa shape index (κ1) is 26.9. The van der Waals surface area contributed by atoms with Crippen LogP contribution in [0, 0.1) is 11.3 Å². The van der Waals surface area contributed by atoms with Crippen LogP contribution in [-0.2, 0) is 11.2 Å². The molecule has 0 N–H and O–H groups in total. The number of likely N-dealkylation sites (N-methyl/N-ethyl adjacent to an activating group) is 2. The fraction of sp³-hybridized carbons (Fsp3) is 0.517. The Kier molecular flexibility index (Phi) is 9.78. The van der Waals surface area contributed by atoms with Crippen molar-refractivity contribution in [2.75, 3.05) is 73.1 Å². The Bertz CT molecular complexity index is 1010. The van der Waals surface area contributed by atoms with Crippen molar-refractivity contribution in [3.63, 3.8) is 0 Å². The molecule has 2 aromatic rings. The molecule has 198 valence electrons. The SMILES string of the molecule is CN(CCOc1ccc(C#N)cc1)C(=O)N(C)CCN1CC2CN(CCCc3ccccc3)CC(C1)O2. The number of amides is 2. The summed E-state index contributed by atoms with van der Waals surface area (Å²) in [6, 6.07) is 19.8. The molecule has 2 bridgehead atoms. The minimum atomic E-state index is -0.0125. The standard InChI is InChI=1S/C29H39N5O3/c1-31(29(35)32(2)17-18-36-26-12-10-25(19-30)11-13-26)15-16-34-22-27-20-33(21-28(23-34)37-27)14-6-9-24-7-4-3-5-8-24/h3-5,7-8,10-13,27-28H,6,9,14-18,20-23H2,1-2H3. The number of rotatable bonds is 11. The van der Waals surface area contributed by atoms with E-state index < -0.39 is 0 Å². The van der Waals surface area contributed by atoms with Gasteiger partial charge in [0.2, 0.25) is 0 Å². The number of ether oxygens (including phenoxy) is 2. The normalized spacial score (nSPS) is 19.7. The van der Waals surface area contributed by atoms with E-state index in [1.165, 1.54) is 12.0 Å². The number of urea groups is 1. The van der Waals surface area contributed by atoms with Gasteiger partial charge in [-0.1, -0.05) is 30.3 Å². The fourth-order valence-electron chi connectivity index (χ4n) is 5.08. The molecule has 0 aromatic heterocycles. The van der Waals surface area contributed by atoms with Crippen molar-refractivity contribution in [1.82, 2.24) is 19.6 Å². The van der Waals surface area contributed by atoms with Crippen LogP contribution in [0.3, 0.4) is 0 Å². The highest BCUT2D eigenvalue weighted by Crippen LogP contribution is 2.20. The van der Waals surface area contributed by atoms with Gasteiger partial charge in [-0.2, -0.15) is 5.26 Å². The summed E-state index contributed by atoms with van der Waals surface area (Å²) in [4.78, 5) is 21.3. The lowest BCUT2D eigenvalue weighted by Gasteiger charge is -2.46. The molecule has 2 amide bonds. The monoisotopic (exact) mass is 505 g/mol. The molecule has 2 aliphatic rings. The molecule has 2 aliphatic heterocycles. The number of carbonyl (C=O) groups is 1. The van der Waals surface area contributed by atoms with E-state index in [4.69, 9.17) is 14.7 Å². The van der Waals surface area contributed by atoms with E-state index in [0.717, 1.165) is 45.7 Å². The molecule has 0 aliphatic carbocycles. The van der Waals surface area contributed by atoms with Crippen LogP contribution >= 0.6 is 0 Å². The summed E-state index contributed by atoms with van der Waals surface area (Å²) >= 11 is 0. The predicted octanol–water partition coefficient (Wildman–Crippen LogP) is 2.94. The first-order valence-corrected chi connectivity index (χ1v) is 13.2. The lowest BCUT2D eigenvalue weighted by atomic mass is 10.1. The van der Waals surface area contributed by atoms with Crippen molar-refractivity contribution in [1.29, 1.82) is 5.26 Å². The van der Waals surface area contributed by atoms with Crippen LogP contribution in [0.5, 0.6) is 5.75 Å². The maximum Gasteiger partial charge on any atom is 0.319 e. The van der Waals surface area contributed by atoms with Gasteiger partial charge in [-0.25, -0.2) is 4.79 Å². The molecule has 8 nitrogen and oxygen atoms in total. The van der Waals surface area contributed by atoms with Gasteiger partial charge < -0.3 is 19.3 Å². The van der Waals surface area contributed by atoms with Crippen molar-refractivity contribution in [2.45, 2.75) is 25.0 Å². The van der Waals surface area contributed by atoms with Crippen molar-refractivity contribution >= 4 is 6.03 Å². The number of fused-ring (bicyclic) bond motifs is 2. The number of morpholine rings is 2. The van der Waals surface area contributed by atoms with Gasteiger partial charge in [0.25, 0.3) is 0 Å². The molecule has 0 spiro atoms. The van der Waals surface area contributed by atoms with E-state index in [0.29, 0.717) is 31.0 Å². The average Bonchev–Trinajstić information content (AvgIpc) is 2.91. The second kappa shape index (κ2) is 13.4. The third-order valence-corrected chi connectivity index (χ3v) is 7.10. The number of benzene rings is 2. The molecule has 2 saturated heterocycles. The van der Waals surface area contributed by atoms with Crippen molar-refractivity contribution < 1.29 is 14.3 Å². The predicted molar refractivity (Wildman–Crippen MR) is 144 cm³/mol. The van der Waals surface area contributed by atoms with E-state index >= 15 is 0 Å². The molecule has 2 unspecified atom stereocenters. The third-order valence-electron chi connectivity index (χ3n) is 7.10. The van der Waals surface area contributed by atoms with Gasteiger partial charge in [0, 0.05) is 53.4 Å². The first-order chi connectivity index (χ1) is 18.0. The van der Waals surface area contributed by atoms with Crippen LogP contribution in [0.15, 0.2) is 54.6 Å². The highest BCUT2D eigenvalue weighted by Gasteiger charge is 2.34. The molecule has 37 heavy (non-hydrogen) atoms. The van der Waals surface area contributed by atoms with Crippen LogP contribution in [-0.4, -0.2) is 111 Å². The first-order valence-electron chi connectivity index (χ1n) is 13.2. The lowest BCUT2D eigenvalue weighted by Crippen LogP contribution is -2.60. The number of hydrogen-bond acceptors (Lipinski definition) is 6. The van der Waals surface area contributed by atoms with Crippen LogP contribution in [0.1, 0.15) is 17.5 Å². The number of carbonyl (C=O) groups excluding carboxylic acids is 1. The maximum atomic E-state index is 12.8. The lowest BCUT2D eigenvalue weighted by molar-refractivity contribution is -0.138. The quantitative estimate of drug-likeness (QED) is 0.468. The Morgan fingerprint density at radius 3 is 2.22 bits per heavy atom. The van der Waals surface area contributed by atoms with E-state index in [-0.39, 0.29) is 18.2 Å². The molecular formula is C29H39N5O3. The highest BCUT2D eigenvalue weighted by molar-refractivity contribution is 5.73. The molecule has 2 atom stereocenters. The fourth-order valence-corrected chi connectivity index (χ4v) is 5.08. The van der Waals surface area contributed by atoms with E-state index in [9.17, 15) is 4.79 Å². The topological polar surface area (TPSA) is 72.3 Å². The van der Waals surface area contributed by atoms with Gasteiger partial charge in [-0.3, -0.25) is 9.80 Å². The van der Waals surface area contributed by atoms with Crippen molar-refractivity contribution in [3.8, 4) is 11.8 Å². The van der Waals surface area contributed by atoms with Crippen molar-refractivity contribution in [3.05, 3.63) is 65.7 Å². The molecule has 2 fully saturated rings. The number of nitrogens with zero attached hydrogens (tertiary/aromatic N) is 5. The minimum Gasteiger partial charge on any atom is -0.492 e. The van der Waals surface area contributed by atoms with E-state index in [1.807, 2.05) is 7.05 Å². The minimum absolute atomic E-state index is 0.0125. The number of hydrogen-bond donors (Lipinski definition) is 0. The molecule has 0 radical (unpaired) electrons. The Hall–Kier alpha value is -3.12. The summed E-state index contributed by atoms with van der Waals surface area (Å²) in [7, 11) is 3.66. The highest BCUT2D eigenvalue weighted by atomic mass is 16.5. The molecule has 0 saturated carbocycles. The van der Waals surface area contributed by atoms with Gasteiger partial charge in [0.05, 0.1) is 30.4 Å². The summed E-state index contributed by atoms with van der Waals surface area (Å²) < 4.78 is 11.9. The molecular weight excluding hydrogens is 466 g/mol. The molecule has 4 rings (SSSR count). The molecule has 8 heteroatoms. The van der Waals surface area contributed by atoms with Crippen LogP contribution in [0.25, 0.3) is 0 Å². The van der Waals surface area contributed by atoms with E-state index in [2.05, 4.69) is 46.2 Å². The van der Waals surface area contributed by atoms with Crippen LogP contribution < -0.4 is 4.74 Å². The summed E-state index contributed by atoms with van der Waals surface area (Å²) in [5.74, 6) is 0.695.